The number of nitrogens with one attached hydrogen (secondary N) is 4. The number of nitrogens with zero attached hydrogens (tertiary/aromatic N) is 4. The van der Waals surface area contributed by atoms with Gasteiger partial charge in [-0.15, -0.1) is 0 Å². The van der Waals surface area contributed by atoms with Crippen molar-refractivity contribution >= 4 is 59.6 Å². The van der Waals surface area contributed by atoms with Gasteiger partial charge in [0.2, 0.25) is 0 Å². The van der Waals surface area contributed by atoms with Crippen LogP contribution in [0, 0.1) is 0 Å². The first kappa shape index (κ1) is 36.0. The normalized spacial score (nSPS) is 11.6. The smallest absolute Gasteiger partial charge is 0.287 e. The Hall–Kier alpha value is -6.82. The average molecular weight is 671 g/mol. The minimum atomic E-state index is -0.686. The van der Waals surface area contributed by atoms with Crippen molar-refractivity contribution in [1.29, 1.82) is 0 Å². The molecule has 4 amide bonds. The minimum Gasteiger partial charge on any atom is -0.378 e. The number of carbonyl (C=O) groups excluding carboxylic acids is 4. The van der Waals surface area contributed by atoms with Crippen LogP contribution in [0.1, 0.15) is 31.8 Å². The van der Waals surface area contributed by atoms with E-state index in [-0.39, 0.29) is 11.4 Å². The van der Waals surface area contributed by atoms with Gasteiger partial charge in [-0.1, -0.05) is 60.7 Å². The Bertz CT molecular complexity index is 1760. The number of hydrogen-bond donors (Lipinski definition) is 4. The van der Waals surface area contributed by atoms with Gasteiger partial charge in [0.15, 0.2) is 0 Å². The van der Waals surface area contributed by atoms with Crippen molar-refractivity contribution in [2.24, 2.45) is 10.2 Å². The molecule has 0 atom stereocenters. The molecule has 0 fully saturated rings. The minimum absolute atomic E-state index is 0.0404. The van der Waals surface area contributed by atoms with Crippen molar-refractivity contribution in [1.82, 2.24) is 21.5 Å². The molecule has 4 rings (SSSR count). The second kappa shape index (κ2) is 17.9. The van der Waals surface area contributed by atoms with Gasteiger partial charge < -0.3 is 20.4 Å². The Labute approximate surface area is 290 Å². The van der Waals surface area contributed by atoms with E-state index in [1.807, 2.05) is 86.5 Å². The van der Waals surface area contributed by atoms with Crippen molar-refractivity contribution in [3.05, 3.63) is 143 Å². The molecule has 0 bridgehead atoms. The van der Waals surface area contributed by atoms with Crippen LogP contribution in [0.3, 0.4) is 0 Å². The maximum Gasteiger partial charge on any atom is 0.287 e. The molecule has 0 aliphatic rings. The van der Waals surface area contributed by atoms with E-state index in [9.17, 15) is 19.2 Å². The zero-order chi connectivity index (χ0) is 35.9. The topological polar surface area (TPSA) is 148 Å². The van der Waals surface area contributed by atoms with Gasteiger partial charge in [0.05, 0.1) is 12.4 Å². The molecule has 0 saturated carbocycles. The molecule has 4 N–H and O–H groups in total. The van der Waals surface area contributed by atoms with E-state index < -0.39 is 23.6 Å². The monoisotopic (exact) mass is 670 g/mol. The molecule has 0 unspecified atom stereocenters. The first-order chi connectivity index (χ1) is 24.1. The third-order valence-electron chi connectivity index (χ3n) is 7.05. The summed E-state index contributed by atoms with van der Waals surface area (Å²) in [7, 11) is 7.67. The van der Waals surface area contributed by atoms with Crippen LogP contribution in [0.15, 0.2) is 131 Å². The fourth-order valence-electron chi connectivity index (χ4n) is 4.33. The summed E-state index contributed by atoms with van der Waals surface area (Å²) in [6, 6.07) is 31.8. The number of anilines is 2. The quantitative estimate of drug-likeness (QED) is 0.0950. The van der Waals surface area contributed by atoms with Gasteiger partial charge in [0, 0.05) is 50.7 Å². The molecule has 4 aromatic carbocycles. The van der Waals surface area contributed by atoms with E-state index in [0.717, 1.165) is 23.8 Å². The SMILES string of the molecule is CN(C)c1ccc(/C=C(\NC(=O)c2ccccc2)C(=O)N/N=C/C=N/NC(=O)/C(=C/c2ccc(N(C)C)cc2)NC(=O)c2ccccc2)cc1. The number of amides is 4. The lowest BCUT2D eigenvalue weighted by atomic mass is 10.1. The number of hydrazone groups is 2. The Morgan fingerprint density at radius 3 is 1.16 bits per heavy atom. The molecule has 254 valence electrons. The maximum atomic E-state index is 13.1. The number of rotatable bonds is 13. The Morgan fingerprint density at radius 2 is 0.840 bits per heavy atom. The van der Waals surface area contributed by atoms with E-state index >= 15 is 0 Å². The second-order valence-electron chi connectivity index (χ2n) is 11.2. The highest BCUT2D eigenvalue weighted by Crippen LogP contribution is 2.16. The molecule has 12 nitrogen and oxygen atoms in total. The lowest BCUT2D eigenvalue weighted by Crippen LogP contribution is -2.33. The summed E-state index contributed by atoms with van der Waals surface area (Å²) >= 11 is 0. The average Bonchev–Trinajstić information content (AvgIpc) is 3.13. The van der Waals surface area contributed by atoms with Crippen molar-refractivity contribution in [3.63, 3.8) is 0 Å². The van der Waals surface area contributed by atoms with Crippen LogP contribution in [0.5, 0.6) is 0 Å². The zero-order valence-corrected chi connectivity index (χ0v) is 28.1. The molecule has 4 aromatic rings. The van der Waals surface area contributed by atoms with Gasteiger partial charge in [0.25, 0.3) is 23.6 Å². The van der Waals surface area contributed by atoms with Gasteiger partial charge in [0.1, 0.15) is 11.4 Å². The number of hydrogen-bond acceptors (Lipinski definition) is 8. The fraction of sp³-hybridized carbons (Fsp3) is 0.105. The largest absolute Gasteiger partial charge is 0.378 e. The van der Waals surface area contributed by atoms with Gasteiger partial charge in [-0.2, -0.15) is 10.2 Å². The van der Waals surface area contributed by atoms with E-state index in [0.29, 0.717) is 22.3 Å². The van der Waals surface area contributed by atoms with Crippen molar-refractivity contribution in [2.45, 2.75) is 0 Å². The molecule has 0 aromatic heterocycles. The van der Waals surface area contributed by atoms with Crippen LogP contribution in [0.25, 0.3) is 12.2 Å². The van der Waals surface area contributed by atoms with Crippen molar-refractivity contribution in [3.8, 4) is 0 Å². The second-order valence-corrected chi connectivity index (χ2v) is 11.2. The summed E-state index contributed by atoms with van der Waals surface area (Å²) in [6.45, 7) is 0. The summed E-state index contributed by atoms with van der Waals surface area (Å²) in [5.41, 5.74) is 8.67. The van der Waals surface area contributed by atoms with Gasteiger partial charge in [-0.25, -0.2) is 10.9 Å². The molecule has 0 aliphatic carbocycles. The van der Waals surface area contributed by atoms with Crippen molar-refractivity contribution in [2.75, 3.05) is 38.0 Å². The Balaban J connectivity index is 1.44. The predicted molar refractivity (Wildman–Crippen MR) is 199 cm³/mol. The Kier molecular flexibility index (Phi) is 12.9. The van der Waals surface area contributed by atoms with E-state index in [1.165, 1.54) is 12.2 Å². The molecular formula is C38H38N8O4. The molecule has 50 heavy (non-hydrogen) atoms. The molecule has 0 heterocycles. The molecular weight excluding hydrogens is 632 g/mol. The van der Waals surface area contributed by atoms with Gasteiger partial charge in [-0.3, -0.25) is 19.2 Å². The number of carbonyl (C=O) groups is 4. The molecule has 0 radical (unpaired) electrons. The standard InChI is InChI=1S/C38H38N8O4/c1-45(2)31-19-15-27(16-20-31)25-33(41-35(47)29-11-7-5-8-12-29)37(49)43-39-23-24-40-44-38(50)34(42-36(48)30-13-9-6-10-14-30)26-28-17-21-32(22-18-28)46(3)4/h5-26H,1-4H3,(H,41,47)(H,42,48)(H,43,49)(H,44,50)/b33-25-,34-26-,39-23+,40-24+. The number of benzene rings is 4. The molecule has 0 saturated heterocycles. The van der Waals surface area contributed by atoms with Gasteiger partial charge >= 0.3 is 0 Å². The van der Waals surface area contributed by atoms with Crippen LogP contribution in [0.2, 0.25) is 0 Å². The van der Waals surface area contributed by atoms with Crippen LogP contribution in [0.4, 0.5) is 11.4 Å². The third-order valence-corrected chi connectivity index (χ3v) is 7.05. The fourth-order valence-corrected chi connectivity index (χ4v) is 4.33. The zero-order valence-electron chi connectivity index (χ0n) is 28.1. The lowest BCUT2D eigenvalue weighted by Gasteiger charge is -2.12. The predicted octanol–water partition coefficient (Wildman–Crippen LogP) is 4.26. The molecule has 12 heteroatoms. The summed E-state index contributed by atoms with van der Waals surface area (Å²) < 4.78 is 0. The van der Waals surface area contributed by atoms with E-state index in [2.05, 4.69) is 31.7 Å². The van der Waals surface area contributed by atoms with Crippen LogP contribution < -0.4 is 31.3 Å². The highest BCUT2D eigenvalue weighted by Gasteiger charge is 2.16. The Morgan fingerprint density at radius 1 is 0.500 bits per heavy atom. The van der Waals surface area contributed by atoms with Crippen LogP contribution in [-0.4, -0.2) is 64.2 Å². The first-order valence-corrected chi connectivity index (χ1v) is 15.5. The summed E-state index contributed by atoms with van der Waals surface area (Å²) in [5, 5.41) is 13.0. The maximum absolute atomic E-state index is 13.1. The first-order valence-electron chi connectivity index (χ1n) is 15.5. The molecule has 0 spiro atoms. The van der Waals surface area contributed by atoms with Gasteiger partial charge in [-0.05, 0) is 71.8 Å². The van der Waals surface area contributed by atoms with E-state index in [4.69, 9.17) is 0 Å². The van der Waals surface area contributed by atoms with Crippen molar-refractivity contribution < 1.29 is 19.2 Å². The highest BCUT2D eigenvalue weighted by molar-refractivity contribution is 6.17. The molecule has 0 aliphatic heterocycles. The van der Waals surface area contributed by atoms with Crippen LogP contribution >= 0.6 is 0 Å². The third kappa shape index (κ3) is 10.9. The highest BCUT2D eigenvalue weighted by atomic mass is 16.2. The van der Waals surface area contributed by atoms with E-state index in [1.54, 1.807) is 60.7 Å². The van der Waals surface area contributed by atoms with Crippen LogP contribution in [-0.2, 0) is 9.59 Å². The lowest BCUT2D eigenvalue weighted by molar-refractivity contribution is -0.118. The summed E-state index contributed by atoms with van der Waals surface area (Å²) in [6.07, 6.45) is 5.36. The summed E-state index contributed by atoms with van der Waals surface area (Å²) in [5.74, 6) is -2.31. The summed E-state index contributed by atoms with van der Waals surface area (Å²) in [4.78, 5) is 55.8.